The van der Waals surface area contributed by atoms with E-state index in [1.807, 2.05) is 37.3 Å². The highest BCUT2D eigenvalue weighted by Gasteiger charge is 2.02. The van der Waals surface area contributed by atoms with Gasteiger partial charge in [0.2, 0.25) is 0 Å². The van der Waals surface area contributed by atoms with Crippen molar-refractivity contribution in [3.8, 4) is 5.75 Å². The van der Waals surface area contributed by atoms with Gasteiger partial charge in [-0.3, -0.25) is 0 Å². The molecule has 3 N–H and O–H groups in total. The van der Waals surface area contributed by atoms with Crippen molar-refractivity contribution in [3.05, 3.63) is 65.5 Å². The van der Waals surface area contributed by atoms with Crippen LogP contribution in [0, 0.1) is 5.82 Å². The molecule has 0 spiro atoms. The van der Waals surface area contributed by atoms with Crippen molar-refractivity contribution in [2.75, 3.05) is 6.54 Å². The molecule has 0 radical (unpaired) electrons. The molecule has 6 heteroatoms. The molecular weight excluding hydrogens is 408 g/mol. The van der Waals surface area contributed by atoms with E-state index in [9.17, 15) is 9.50 Å². The average Bonchev–Trinajstić information content (AvgIpc) is 2.54. The first-order chi connectivity index (χ1) is 10.7. The number of halogens is 2. The third-order valence-electron chi connectivity index (χ3n) is 3.08. The molecular formula is C17H21FIN3O. The van der Waals surface area contributed by atoms with E-state index in [1.165, 1.54) is 12.1 Å². The van der Waals surface area contributed by atoms with Gasteiger partial charge in [-0.15, -0.1) is 24.0 Å². The monoisotopic (exact) mass is 429 g/mol. The zero-order valence-corrected chi connectivity index (χ0v) is 15.3. The fraction of sp³-hybridized carbons (Fsp3) is 0.235. The van der Waals surface area contributed by atoms with Crippen molar-refractivity contribution in [3.63, 3.8) is 0 Å². The maximum Gasteiger partial charge on any atom is 0.191 e. The lowest BCUT2D eigenvalue weighted by Gasteiger charge is -2.11. The molecule has 0 heterocycles. The maximum atomic E-state index is 13.3. The van der Waals surface area contributed by atoms with Gasteiger partial charge in [0.15, 0.2) is 17.5 Å². The summed E-state index contributed by atoms with van der Waals surface area (Å²) in [5.74, 6) is -0.309. The molecule has 0 bridgehead atoms. The molecule has 2 aromatic rings. The second kappa shape index (κ2) is 10.0. The molecule has 4 nitrogen and oxygen atoms in total. The molecule has 0 saturated carbocycles. The van der Waals surface area contributed by atoms with Gasteiger partial charge in [-0.1, -0.05) is 36.4 Å². The Morgan fingerprint density at radius 1 is 1.09 bits per heavy atom. The second-order valence-electron chi connectivity index (χ2n) is 4.82. The zero-order valence-electron chi connectivity index (χ0n) is 12.9. The topological polar surface area (TPSA) is 56.7 Å². The van der Waals surface area contributed by atoms with E-state index >= 15 is 0 Å². The van der Waals surface area contributed by atoms with E-state index in [4.69, 9.17) is 0 Å². The van der Waals surface area contributed by atoms with Crippen molar-refractivity contribution >= 4 is 29.9 Å². The molecule has 2 aromatic carbocycles. The summed E-state index contributed by atoms with van der Waals surface area (Å²) in [6.07, 6.45) is 0. The van der Waals surface area contributed by atoms with Gasteiger partial charge < -0.3 is 15.7 Å². The van der Waals surface area contributed by atoms with E-state index in [2.05, 4.69) is 15.6 Å². The number of rotatable bonds is 5. The van der Waals surface area contributed by atoms with Crippen LogP contribution in [-0.2, 0) is 13.1 Å². The van der Waals surface area contributed by atoms with Gasteiger partial charge in [-0.05, 0) is 30.2 Å². The van der Waals surface area contributed by atoms with Crippen molar-refractivity contribution in [1.29, 1.82) is 0 Å². The van der Waals surface area contributed by atoms with Crippen molar-refractivity contribution in [2.24, 2.45) is 4.99 Å². The van der Waals surface area contributed by atoms with Gasteiger partial charge in [-0.2, -0.15) is 0 Å². The molecule has 0 fully saturated rings. The third kappa shape index (κ3) is 6.43. The van der Waals surface area contributed by atoms with Crippen LogP contribution in [0.2, 0.25) is 0 Å². The van der Waals surface area contributed by atoms with Gasteiger partial charge in [0.05, 0.1) is 6.54 Å². The number of phenolic OH excluding ortho intramolecular Hbond substituents is 1. The largest absolute Gasteiger partial charge is 0.505 e. The molecule has 0 aliphatic rings. The highest BCUT2D eigenvalue weighted by atomic mass is 127. The van der Waals surface area contributed by atoms with E-state index in [1.54, 1.807) is 6.07 Å². The molecule has 0 amide bonds. The Labute approximate surface area is 152 Å². The minimum Gasteiger partial charge on any atom is -0.505 e. The smallest absolute Gasteiger partial charge is 0.191 e. The summed E-state index contributed by atoms with van der Waals surface area (Å²) in [5, 5.41) is 15.6. The Balaban J connectivity index is 0.00000264. The summed E-state index contributed by atoms with van der Waals surface area (Å²) in [5.41, 5.74) is 1.86. The molecule has 0 aliphatic heterocycles. The molecule has 2 rings (SSSR count). The lowest BCUT2D eigenvalue weighted by molar-refractivity contribution is 0.432. The van der Waals surface area contributed by atoms with Crippen molar-refractivity contribution in [1.82, 2.24) is 10.6 Å². The number of hydrogen-bond acceptors (Lipinski definition) is 2. The number of aromatic hydroxyl groups is 1. The fourth-order valence-corrected chi connectivity index (χ4v) is 1.94. The minimum absolute atomic E-state index is 0. The first kappa shape index (κ1) is 19.2. The van der Waals surface area contributed by atoms with Crippen LogP contribution in [0.1, 0.15) is 18.1 Å². The molecule has 0 saturated heterocycles. The van der Waals surface area contributed by atoms with Gasteiger partial charge in [0.25, 0.3) is 0 Å². The van der Waals surface area contributed by atoms with Crippen LogP contribution in [0.4, 0.5) is 4.39 Å². The molecule has 0 atom stereocenters. The van der Waals surface area contributed by atoms with Gasteiger partial charge >= 0.3 is 0 Å². The van der Waals surface area contributed by atoms with Crippen molar-refractivity contribution in [2.45, 2.75) is 20.0 Å². The van der Waals surface area contributed by atoms with Crippen LogP contribution in [-0.4, -0.2) is 17.6 Å². The Hall–Kier alpha value is -1.83. The Kier molecular flexibility index (Phi) is 8.39. The molecule has 0 unspecified atom stereocenters. The first-order valence-corrected chi connectivity index (χ1v) is 7.22. The van der Waals surface area contributed by atoms with E-state index in [-0.39, 0.29) is 29.7 Å². The highest BCUT2D eigenvalue weighted by Crippen LogP contribution is 2.16. The van der Waals surface area contributed by atoms with Gasteiger partial charge in [-0.25, -0.2) is 9.38 Å². The van der Waals surface area contributed by atoms with Crippen LogP contribution < -0.4 is 10.6 Å². The number of nitrogens with zero attached hydrogens (tertiary/aromatic N) is 1. The summed E-state index contributed by atoms with van der Waals surface area (Å²) >= 11 is 0. The lowest BCUT2D eigenvalue weighted by atomic mass is 10.2. The average molecular weight is 429 g/mol. The summed E-state index contributed by atoms with van der Waals surface area (Å²) in [6, 6.07) is 14.3. The number of benzene rings is 2. The summed E-state index contributed by atoms with van der Waals surface area (Å²) in [6.45, 7) is 3.72. The quantitative estimate of drug-likeness (QED) is 0.388. The normalized spacial score (nSPS) is 10.8. The van der Waals surface area contributed by atoms with E-state index in [0.717, 1.165) is 12.1 Å². The Bertz CT molecular complexity index is 635. The Morgan fingerprint density at radius 3 is 2.48 bits per heavy atom. The molecule has 124 valence electrons. The number of hydrogen-bond donors (Lipinski definition) is 3. The SMILES string of the molecule is CCNC(=NCc1ccc(O)c(F)c1)NCc1ccccc1.I. The maximum absolute atomic E-state index is 13.3. The summed E-state index contributed by atoms with van der Waals surface area (Å²) < 4.78 is 13.3. The Morgan fingerprint density at radius 2 is 1.83 bits per heavy atom. The fourth-order valence-electron chi connectivity index (χ4n) is 1.94. The third-order valence-corrected chi connectivity index (χ3v) is 3.08. The van der Waals surface area contributed by atoms with Crippen molar-refractivity contribution < 1.29 is 9.50 Å². The standard InChI is InChI=1S/C17H20FN3O.HI/c1-2-19-17(20-11-13-6-4-3-5-7-13)21-12-14-8-9-16(22)15(18)10-14;/h3-10,22H,2,11-12H2,1H3,(H2,19,20,21);1H. The number of phenols is 1. The second-order valence-corrected chi connectivity index (χ2v) is 4.82. The van der Waals surface area contributed by atoms with Crippen LogP contribution >= 0.6 is 24.0 Å². The molecule has 0 aromatic heterocycles. The number of nitrogens with one attached hydrogen (secondary N) is 2. The lowest BCUT2D eigenvalue weighted by Crippen LogP contribution is -2.36. The van der Waals surface area contributed by atoms with Gasteiger partial charge in [0.1, 0.15) is 0 Å². The van der Waals surface area contributed by atoms with E-state index in [0.29, 0.717) is 24.6 Å². The van der Waals surface area contributed by atoms with Gasteiger partial charge in [0, 0.05) is 13.1 Å². The summed E-state index contributed by atoms with van der Waals surface area (Å²) in [4.78, 5) is 4.42. The van der Waals surface area contributed by atoms with Crippen LogP contribution in [0.5, 0.6) is 5.75 Å². The van der Waals surface area contributed by atoms with Crippen LogP contribution in [0.25, 0.3) is 0 Å². The first-order valence-electron chi connectivity index (χ1n) is 7.22. The predicted molar refractivity (Wildman–Crippen MR) is 102 cm³/mol. The van der Waals surface area contributed by atoms with Crippen LogP contribution in [0.3, 0.4) is 0 Å². The molecule has 23 heavy (non-hydrogen) atoms. The zero-order chi connectivity index (χ0) is 15.8. The minimum atomic E-state index is -0.630. The van der Waals surface area contributed by atoms with E-state index < -0.39 is 5.82 Å². The summed E-state index contributed by atoms with van der Waals surface area (Å²) in [7, 11) is 0. The predicted octanol–water partition coefficient (Wildman–Crippen LogP) is 3.40. The molecule has 0 aliphatic carbocycles. The number of guanidine groups is 1. The highest BCUT2D eigenvalue weighted by molar-refractivity contribution is 14.0. The van der Waals surface area contributed by atoms with Crippen LogP contribution in [0.15, 0.2) is 53.5 Å². The number of aliphatic imine (C=N–C) groups is 1.